The summed E-state index contributed by atoms with van der Waals surface area (Å²) in [7, 11) is 0. The van der Waals surface area contributed by atoms with E-state index in [4.69, 9.17) is 0 Å². The second-order valence-electron chi connectivity index (χ2n) is 2.54. The molecule has 0 aliphatic heterocycles. The van der Waals surface area contributed by atoms with E-state index in [1.165, 1.54) is 12.8 Å². The van der Waals surface area contributed by atoms with Gasteiger partial charge in [-0.05, 0) is 19.8 Å². The monoisotopic (exact) mass is 205 g/mol. The maximum absolute atomic E-state index is 11.1. The topological polar surface area (TPSA) is 20.3 Å². The molecular formula is C7H12BrNO. The lowest BCUT2D eigenvalue weighted by Crippen LogP contribution is -2.33. The van der Waals surface area contributed by atoms with Gasteiger partial charge in [0.25, 0.3) is 0 Å². The molecule has 0 unspecified atom stereocenters. The Kier molecular flexibility index (Phi) is 2.72. The van der Waals surface area contributed by atoms with Crippen LogP contribution < -0.4 is 0 Å². The summed E-state index contributed by atoms with van der Waals surface area (Å²) >= 11 is 3.16. The maximum atomic E-state index is 11.1. The number of amides is 1. The molecule has 58 valence electrons. The second-order valence-corrected chi connectivity index (χ2v) is 3.11. The van der Waals surface area contributed by atoms with E-state index in [-0.39, 0.29) is 5.91 Å². The molecule has 3 heteroatoms. The van der Waals surface area contributed by atoms with Crippen LogP contribution in [0.25, 0.3) is 0 Å². The first kappa shape index (κ1) is 8.05. The molecule has 1 amide bonds. The van der Waals surface area contributed by atoms with Crippen molar-refractivity contribution in [3.05, 3.63) is 0 Å². The minimum absolute atomic E-state index is 0.227. The van der Waals surface area contributed by atoms with Crippen molar-refractivity contribution in [2.75, 3.05) is 11.9 Å². The fourth-order valence-electron chi connectivity index (χ4n) is 1.10. The highest BCUT2D eigenvalue weighted by Crippen LogP contribution is 2.26. The number of nitrogens with zero attached hydrogens (tertiary/aromatic N) is 1. The molecule has 0 heterocycles. The number of hydrogen-bond donors (Lipinski definition) is 0. The molecule has 0 atom stereocenters. The number of halogens is 1. The third kappa shape index (κ3) is 1.72. The van der Waals surface area contributed by atoms with Gasteiger partial charge in [0.05, 0.1) is 5.33 Å². The van der Waals surface area contributed by atoms with Crippen molar-refractivity contribution < 1.29 is 4.79 Å². The number of carbonyl (C=O) groups is 1. The van der Waals surface area contributed by atoms with Crippen LogP contribution in [0.3, 0.4) is 0 Å². The molecule has 0 spiro atoms. The number of alkyl halides is 1. The summed E-state index contributed by atoms with van der Waals surface area (Å²) in [5, 5.41) is 0.470. The highest BCUT2D eigenvalue weighted by Gasteiger charge is 2.30. The van der Waals surface area contributed by atoms with E-state index >= 15 is 0 Å². The second kappa shape index (κ2) is 3.37. The molecular weight excluding hydrogens is 194 g/mol. The van der Waals surface area contributed by atoms with Gasteiger partial charge in [0.2, 0.25) is 5.91 Å². The first-order valence-corrected chi connectivity index (χ1v) is 4.77. The molecule has 1 fully saturated rings. The molecule has 1 saturated carbocycles. The van der Waals surface area contributed by atoms with Crippen LogP contribution in [0.1, 0.15) is 19.8 Å². The largest absolute Gasteiger partial charge is 0.339 e. The van der Waals surface area contributed by atoms with Gasteiger partial charge in [-0.1, -0.05) is 15.9 Å². The predicted octanol–water partition coefficient (Wildman–Crippen LogP) is 1.39. The van der Waals surface area contributed by atoms with Crippen LogP contribution in [0.5, 0.6) is 0 Å². The van der Waals surface area contributed by atoms with Crippen molar-refractivity contribution in [2.24, 2.45) is 0 Å². The zero-order chi connectivity index (χ0) is 7.56. The van der Waals surface area contributed by atoms with E-state index in [9.17, 15) is 4.79 Å². The summed E-state index contributed by atoms with van der Waals surface area (Å²) < 4.78 is 0. The van der Waals surface area contributed by atoms with E-state index in [2.05, 4.69) is 15.9 Å². The van der Waals surface area contributed by atoms with Crippen molar-refractivity contribution in [2.45, 2.75) is 25.8 Å². The number of rotatable bonds is 3. The van der Waals surface area contributed by atoms with E-state index < -0.39 is 0 Å². The van der Waals surface area contributed by atoms with Gasteiger partial charge in [-0.25, -0.2) is 0 Å². The molecule has 1 aliphatic carbocycles. The molecule has 0 saturated heterocycles. The zero-order valence-electron chi connectivity index (χ0n) is 6.14. The molecule has 0 bridgehead atoms. The van der Waals surface area contributed by atoms with Crippen LogP contribution in [0.2, 0.25) is 0 Å². The van der Waals surface area contributed by atoms with Crippen LogP contribution in [-0.4, -0.2) is 28.7 Å². The van der Waals surface area contributed by atoms with Crippen LogP contribution in [0, 0.1) is 0 Å². The van der Waals surface area contributed by atoms with E-state index in [1.54, 1.807) is 0 Å². The minimum Gasteiger partial charge on any atom is -0.339 e. The number of carbonyl (C=O) groups excluding carboxylic acids is 1. The Bertz CT molecular complexity index is 134. The van der Waals surface area contributed by atoms with Crippen LogP contribution >= 0.6 is 15.9 Å². The quantitative estimate of drug-likeness (QED) is 0.639. The molecule has 10 heavy (non-hydrogen) atoms. The first-order chi connectivity index (χ1) is 4.79. The molecule has 0 aromatic carbocycles. The van der Waals surface area contributed by atoms with E-state index in [0.717, 1.165) is 6.54 Å². The molecule has 1 rings (SSSR count). The molecule has 0 N–H and O–H groups in total. The van der Waals surface area contributed by atoms with Crippen molar-refractivity contribution in [1.82, 2.24) is 4.90 Å². The summed E-state index contributed by atoms with van der Waals surface area (Å²) in [5.74, 6) is 0.227. The lowest BCUT2D eigenvalue weighted by atomic mass is 10.4. The van der Waals surface area contributed by atoms with Gasteiger partial charge in [-0.15, -0.1) is 0 Å². The van der Waals surface area contributed by atoms with Crippen molar-refractivity contribution in [3.8, 4) is 0 Å². The highest BCUT2D eigenvalue weighted by atomic mass is 79.9. The normalized spacial score (nSPS) is 17.0. The van der Waals surface area contributed by atoms with Crippen molar-refractivity contribution in [1.29, 1.82) is 0 Å². The number of hydrogen-bond acceptors (Lipinski definition) is 1. The third-order valence-corrected chi connectivity index (χ3v) is 2.24. The lowest BCUT2D eigenvalue weighted by molar-refractivity contribution is -0.128. The van der Waals surface area contributed by atoms with E-state index in [0.29, 0.717) is 11.4 Å². The van der Waals surface area contributed by atoms with Gasteiger partial charge >= 0.3 is 0 Å². The Hall–Kier alpha value is -0.0500. The van der Waals surface area contributed by atoms with Gasteiger partial charge in [0, 0.05) is 12.6 Å². The smallest absolute Gasteiger partial charge is 0.233 e. The summed E-state index contributed by atoms with van der Waals surface area (Å²) in [4.78, 5) is 13.0. The highest BCUT2D eigenvalue weighted by molar-refractivity contribution is 9.09. The van der Waals surface area contributed by atoms with Gasteiger partial charge in [-0.3, -0.25) is 4.79 Å². The van der Waals surface area contributed by atoms with Gasteiger partial charge < -0.3 is 4.90 Å². The van der Waals surface area contributed by atoms with Crippen LogP contribution in [0.4, 0.5) is 0 Å². The summed E-state index contributed by atoms with van der Waals surface area (Å²) in [6.45, 7) is 2.88. The van der Waals surface area contributed by atoms with Gasteiger partial charge in [0.15, 0.2) is 0 Å². The SMILES string of the molecule is CCN(C(=O)CBr)C1CC1. The minimum atomic E-state index is 0.227. The predicted molar refractivity (Wildman–Crippen MR) is 44.2 cm³/mol. The van der Waals surface area contributed by atoms with Gasteiger partial charge in [-0.2, -0.15) is 0 Å². The molecule has 0 radical (unpaired) electrons. The summed E-state index contributed by atoms with van der Waals surface area (Å²) in [6.07, 6.45) is 2.40. The lowest BCUT2D eigenvalue weighted by Gasteiger charge is -2.18. The molecule has 2 nitrogen and oxygen atoms in total. The molecule has 0 aromatic rings. The van der Waals surface area contributed by atoms with Crippen LogP contribution in [-0.2, 0) is 4.79 Å². The fraction of sp³-hybridized carbons (Fsp3) is 0.857. The van der Waals surface area contributed by atoms with Crippen LogP contribution in [0.15, 0.2) is 0 Å². The average Bonchev–Trinajstić information content (AvgIpc) is 2.73. The standard InChI is InChI=1S/C7H12BrNO/c1-2-9(6-3-4-6)7(10)5-8/h6H,2-5H2,1H3. The Labute approximate surface area is 69.7 Å². The molecule has 0 aromatic heterocycles. The third-order valence-electron chi connectivity index (χ3n) is 1.76. The zero-order valence-corrected chi connectivity index (χ0v) is 7.73. The summed E-state index contributed by atoms with van der Waals surface area (Å²) in [5.41, 5.74) is 0. The van der Waals surface area contributed by atoms with Crippen molar-refractivity contribution in [3.63, 3.8) is 0 Å². The average molecular weight is 206 g/mol. The molecule has 1 aliphatic rings. The van der Waals surface area contributed by atoms with Gasteiger partial charge in [0.1, 0.15) is 0 Å². The van der Waals surface area contributed by atoms with E-state index in [1.807, 2.05) is 11.8 Å². The van der Waals surface area contributed by atoms with Crippen molar-refractivity contribution >= 4 is 21.8 Å². The maximum Gasteiger partial charge on any atom is 0.233 e. The summed E-state index contributed by atoms with van der Waals surface area (Å²) in [6, 6.07) is 0.565. The Morgan fingerprint density at radius 3 is 2.60 bits per heavy atom. The Morgan fingerprint density at radius 1 is 1.70 bits per heavy atom. The fourth-order valence-corrected chi connectivity index (χ4v) is 1.42. The Morgan fingerprint density at radius 2 is 2.30 bits per heavy atom. The first-order valence-electron chi connectivity index (χ1n) is 3.65. The Balaban J connectivity index is 2.38.